The van der Waals surface area contributed by atoms with E-state index in [-0.39, 0.29) is 9.63 Å². The molecule has 0 unspecified atom stereocenters. The molecule has 1 rings (SSSR count). The Balaban J connectivity index is 3.23. The van der Waals surface area contributed by atoms with Crippen LogP contribution in [0.2, 0.25) is 0 Å². The van der Waals surface area contributed by atoms with Crippen molar-refractivity contribution in [3.8, 4) is 0 Å². The van der Waals surface area contributed by atoms with Crippen molar-refractivity contribution < 1.29 is 27.5 Å². The van der Waals surface area contributed by atoms with Gasteiger partial charge in [0.15, 0.2) is 4.60 Å². The number of hydrogen-bond donors (Lipinski definition) is 0. The van der Waals surface area contributed by atoms with Gasteiger partial charge in [0, 0.05) is 7.05 Å². The van der Waals surface area contributed by atoms with Crippen LogP contribution in [0.1, 0.15) is 0 Å². The lowest BCUT2D eigenvalue weighted by Gasteiger charge is -2.19. The van der Waals surface area contributed by atoms with Crippen molar-refractivity contribution in [3.63, 3.8) is 0 Å². The van der Waals surface area contributed by atoms with Crippen molar-refractivity contribution in [3.05, 3.63) is 4.60 Å². The largest absolute Gasteiger partial charge is 0.468 e. The van der Waals surface area contributed by atoms with E-state index < -0.39 is 35.1 Å². The maximum absolute atomic E-state index is 12.5. The maximum atomic E-state index is 12.5. The molecule has 1 aromatic rings. The number of carbonyl (C=O) groups excluding carboxylic acids is 2. The fraction of sp³-hybridized carbons (Fsp3) is 0.556. The summed E-state index contributed by atoms with van der Waals surface area (Å²) in [6.45, 7) is -1.29. The van der Waals surface area contributed by atoms with E-state index in [1.165, 1.54) is 7.05 Å². The summed E-state index contributed by atoms with van der Waals surface area (Å²) >= 11 is 2.96. The van der Waals surface area contributed by atoms with Crippen LogP contribution in [-0.4, -0.2) is 67.0 Å². The Morgan fingerprint density at radius 1 is 1.24 bits per heavy atom. The number of esters is 2. The van der Waals surface area contributed by atoms with Gasteiger partial charge in [-0.15, -0.1) is 5.10 Å². The third-order valence-corrected chi connectivity index (χ3v) is 5.07. The Kier molecular flexibility index (Phi) is 5.80. The van der Waals surface area contributed by atoms with Crippen molar-refractivity contribution in [2.45, 2.75) is 5.03 Å². The molecule has 0 spiro atoms. The van der Waals surface area contributed by atoms with Gasteiger partial charge < -0.3 is 9.47 Å². The number of aromatic nitrogens is 3. The normalized spacial score (nSPS) is 11.5. The standard InChI is InChI=1S/C9H13BrN4O6S/c1-13-9(8(10)11-12-13)21(17,18)14(4-6(15)19-2)5-7(16)20-3/h4-5H2,1-3H3. The number of sulfonamides is 1. The van der Waals surface area contributed by atoms with Crippen LogP contribution in [0.4, 0.5) is 0 Å². The molecule has 12 heteroatoms. The van der Waals surface area contributed by atoms with E-state index in [0.29, 0.717) is 4.31 Å². The molecule has 0 aliphatic carbocycles. The first kappa shape index (κ1) is 17.5. The number of nitrogens with zero attached hydrogens (tertiary/aromatic N) is 4. The molecule has 0 aromatic carbocycles. The monoisotopic (exact) mass is 384 g/mol. The van der Waals surface area contributed by atoms with Gasteiger partial charge in [0.1, 0.15) is 13.1 Å². The van der Waals surface area contributed by atoms with Crippen LogP contribution in [0, 0.1) is 0 Å². The zero-order chi connectivity index (χ0) is 16.2. The molecule has 0 fully saturated rings. The molecule has 1 heterocycles. The summed E-state index contributed by atoms with van der Waals surface area (Å²) in [6, 6.07) is 0. The summed E-state index contributed by atoms with van der Waals surface area (Å²) < 4.78 is 35.5. The van der Waals surface area contributed by atoms with E-state index in [1.807, 2.05) is 0 Å². The van der Waals surface area contributed by atoms with E-state index in [4.69, 9.17) is 0 Å². The van der Waals surface area contributed by atoms with Gasteiger partial charge >= 0.3 is 11.9 Å². The smallest absolute Gasteiger partial charge is 0.321 e. The van der Waals surface area contributed by atoms with E-state index in [0.717, 1.165) is 18.9 Å². The quantitative estimate of drug-likeness (QED) is 0.567. The first-order valence-electron chi connectivity index (χ1n) is 5.43. The first-order chi connectivity index (χ1) is 9.73. The highest BCUT2D eigenvalue weighted by atomic mass is 79.9. The van der Waals surface area contributed by atoms with Crippen molar-refractivity contribution in [1.29, 1.82) is 0 Å². The number of carbonyl (C=O) groups is 2. The average Bonchev–Trinajstić information content (AvgIpc) is 2.77. The average molecular weight is 385 g/mol. The molecule has 0 saturated carbocycles. The van der Waals surface area contributed by atoms with E-state index in [1.54, 1.807) is 0 Å². The molecule has 1 aromatic heterocycles. The third-order valence-electron chi connectivity index (χ3n) is 2.39. The first-order valence-corrected chi connectivity index (χ1v) is 7.66. The van der Waals surface area contributed by atoms with Crippen molar-refractivity contribution in [1.82, 2.24) is 19.3 Å². The maximum Gasteiger partial charge on any atom is 0.321 e. The van der Waals surface area contributed by atoms with Gasteiger partial charge in [-0.05, 0) is 15.9 Å². The lowest BCUT2D eigenvalue weighted by Crippen LogP contribution is -2.41. The minimum Gasteiger partial charge on any atom is -0.468 e. The Hall–Kier alpha value is -1.53. The Morgan fingerprint density at radius 2 is 1.71 bits per heavy atom. The topological polar surface area (TPSA) is 121 Å². The summed E-state index contributed by atoms with van der Waals surface area (Å²) in [7, 11) is -0.638. The summed E-state index contributed by atoms with van der Waals surface area (Å²) in [6.07, 6.45) is 0. The van der Waals surface area contributed by atoms with Crippen molar-refractivity contribution in [2.24, 2.45) is 7.05 Å². The Bertz CT molecular complexity index is 605. The van der Waals surface area contributed by atoms with Gasteiger partial charge in [0.25, 0.3) is 10.0 Å². The molecule has 0 bridgehead atoms. The fourth-order valence-electron chi connectivity index (χ4n) is 1.36. The lowest BCUT2D eigenvalue weighted by molar-refractivity contribution is -0.143. The minimum absolute atomic E-state index is 0.0373. The molecular formula is C9H13BrN4O6S. The van der Waals surface area contributed by atoms with Crippen LogP contribution in [0.5, 0.6) is 0 Å². The highest BCUT2D eigenvalue weighted by molar-refractivity contribution is 9.10. The van der Waals surface area contributed by atoms with Crippen LogP contribution in [-0.2, 0) is 36.1 Å². The highest BCUT2D eigenvalue weighted by Gasteiger charge is 2.34. The van der Waals surface area contributed by atoms with Crippen LogP contribution in [0.3, 0.4) is 0 Å². The van der Waals surface area contributed by atoms with Gasteiger partial charge in [-0.2, -0.15) is 4.31 Å². The zero-order valence-corrected chi connectivity index (χ0v) is 13.8. The van der Waals surface area contributed by atoms with Crippen LogP contribution < -0.4 is 0 Å². The molecule has 0 atom stereocenters. The second-order valence-electron chi connectivity index (χ2n) is 3.73. The lowest BCUT2D eigenvalue weighted by atomic mass is 10.6. The Labute approximate surface area is 129 Å². The van der Waals surface area contributed by atoms with Gasteiger partial charge in [-0.1, -0.05) is 5.21 Å². The Morgan fingerprint density at radius 3 is 2.05 bits per heavy atom. The molecule has 0 N–H and O–H groups in total. The van der Waals surface area contributed by atoms with Gasteiger partial charge in [-0.3, -0.25) is 9.59 Å². The number of halogens is 1. The highest BCUT2D eigenvalue weighted by Crippen LogP contribution is 2.22. The molecule has 21 heavy (non-hydrogen) atoms. The molecule has 0 aliphatic heterocycles. The van der Waals surface area contributed by atoms with Gasteiger partial charge in [-0.25, -0.2) is 13.1 Å². The van der Waals surface area contributed by atoms with Crippen molar-refractivity contribution >= 4 is 37.9 Å². The second kappa shape index (κ2) is 6.95. The molecule has 0 amide bonds. The number of rotatable bonds is 6. The number of methoxy groups -OCH3 is 2. The minimum atomic E-state index is -4.21. The zero-order valence-electron chi connectivity index (χ0n) is 11.4. The van der Waals surface area contributed by atoms with E-state index in [2.05, 4.69) is 35.7 Å². The summed E-state index contributed by atoms with van der Waals surface area (Å²) in [5.74, 6) is -1.65. The summed E-state index contributed by atoms with van der Waals surface area (Å²) in [5, 5.41) is 6.80. The number of hydrogen-bond acceptors (Lipinski definition) is 8. The molecule has 118 valence electrons. The van der Waals surface area contributed by atoms with Gasteiger partial charge in [0.2, 0.25) is 5.03 Å². The van der Waals surface area contributed by atoms with Crippen LogP contribution >= 0.6 is 15.9 Å². The van der Waals surface area contributed by atoms with Crippen LogP contribution in [0.15, 0.2) is 9.63 Å². The summed E-state index contributed by atoms with van der Waals surface area (Å²) in [4.78, 5) is 22.7. The predicted octanol–water partition coefficient (Wildman–Crippen LogP) is -1.09. The number of ether oxygens (including phenoxy) is 2. The van der Waals surface area contributed by atoms with E-state index in [9.17, 15) is 18.0 Å². The predicted molar refractivity (Wildman–Crippen MR) is 71.5 cm³/mol. The van der Waals surface area contributed by atoms with Crippen LogP contribution in [0.25, 0.3) is 0 Å². The summed E-state index contributed by atoms with van der Waals surface area (Å²) in [5.41, 5.74) is 0. The molecule has 0 aliphatic rings. The van der Waals surface area contributed by atoms with Gasteiger partial charge in [0.05, 0.1) is 14.2 Å². The second-order valence-corrected chi connectivity index (χ2v) is 6.34. The molecule has 0 radical (unpaired) electrons. The molecule has 10 nitrogen and oxygen atoms in total. The van der Waals surface area contributed by atoms with E-state index >= 15 is 0 Å². The molecule has 0 saturated heterocycles. The molecular weight excluding hydrogens is 372 g/mol. The SMILES string of the molecule is COC(=O)CN(CC(=O)OC)S(=O)(=O)c1c(Br)nnn1C. The number of aryl methyl sites for hydroxylation is 1. The third kappa shape index (κ3) is 3.98. The fourth-order valence-corrected chi connectivity index (χ4v) is 3.72. The van der Waals surface area contributed by atoms with Crippen molar-refractivity contribution in [2.75, 3.05) is 27.3 Å².